The van der Waals surface area contributed by atoms with Crippen LogP contribution >= 0.6 is 11.8 Å². The minimum absolute atomic E-state index is 0.143. The zero-order valence-corrected chi connectivity index (χ0v) is 6.66. The number of nitrogens with zero attached hydrogens (tertiary/aromatic N) is 1. The van der Waals surface area contributed by atoms with E-state index in [1.54, 1.807) is 16.7 Å². The van der Waals surface area contributed by atoms with Gasteiger partial charge in [0, 0.05) is 19.3 Å². The molecule has 0 aliphatic carbocycles. The van der Waals surface area contributed by atoms with E-state index in [1.807, 2.05) is 13.3 Å². The second-order valence-electron chi connectivity index (χ2n) is 1.80. The molecule has 4 heteroatoms. The molecule has 0 amide bonds. The Labute approximate surface area is 60.1 Å². The molecule has 0 spiro atoms. The van der Waals surface area contributed by atoms with Crippen LogP contribution in [0.2, 0.25) is 0 Å². The Bertz CT molecular complexity index is 94.2. The lowest BCUT2D eigenvalue weighted by Gasteiger charge is -2.14. The third-order valence-electron chi connectivity index (χ3n) is 1.04. The van der Waals surface area contributed by atoms with Gasteiger partial charge < -0.3 is 10.6 Å². The van der Waals surface area contributed by atoms with Gasteiger partial charge in [-0.25, -0.2) is 0 Å². The molecule has 0 atom stereocenters. The Kier molecular flexibility index (Phi) is 4.30. The molecule has 54 valence electrons. The van der Waals surface area contributed by atoms with E-state index in [-0.39, 0.29) is 5.96 Å². The number of hydrogen-bond acceptors (Lipinski definition) is 2. The molecule has 0 rings (SSSR count). The minimum atomic E-state index is 0.143. The fraction of sp³-hybridized carbons (Fsp3) is 0.800. The van der Waals surface area contributed by atoms with E-state index in [2.05, 4.69) is 0 Å². The SMILES string of the molecule is CSCCN(C)C(=N)N. The first-order valence-electron chi connectivity index (χ1n) is 2.72. The van der Waals surface area contributed by atoms with Crippen LogP contribution < -0.4 is 5.73 Å². The Balaban J connectivity index is 3.27. The van der Waals surface area contributed by atoms with Crippen molar-refractivity contribution in [3.8, 4) is 0 Å². The molecular formula is C5H13N3S. The molecule has 0 unspecified atom stereocenters. The monoisotopic (exact) mass is 147 g/mol. The summed E-state index contributed by atoms with van der Waals surface area (Å²) in [5, 5.41) is 6.97. The van der Waals surface area contributed by atoms with Crippen molar-refractivity contribution in [3.05, 3.63) is 0 Å². The predicted molar refractivity (Wildman–Crippen MR) is 42.9 cm³/mol. The van der Waals surface area contributed by atoms with Crippen molar-refractivity contribution < 1.29 is 0 Å². The number of guanidine groups is 1. The largest absolute Gasteiger partial charge is 0.370 e. The molecule has 0 saturated heterocycles. The number of thioether (sulfide) groups is 1. The van der Waals surface area contributed by atoms with Gasteiger partial charge in [-0.1, -0.05) is 0 Å². The molecule has 0 saturated carbocycles. The first kappa shape index (κ1) is 8.62. The van der Waals surface area contributed by atoms with Crippen molar-refractivity contribution >= 4 is 17.7 Å². The van der Waals surface area contributed by atoms with Crippen molar-refractivity contribution in [2.75, 3.05) is 25.6 Å². The lowest BCUT2D eigenvalue weighted by molar-refractivity contribution is 0.530. The van der Waals surface area contributed by atoms with Gasteiger partial charge in [0.1, 0.15) is 0 Å². The first-order valence-corrected chi connectivity index (χ1v) is 4.12. The van der Waals surface area contributed by atoms with Crippen LogP contribution in [0.5, 0.6) is 0 Å². The highest BCUT2D eigenvalue weighted by atomic mass is 32.2. The molecule has 3 N–H and O–H groups in total. The minimum Gasteiger partial charge on any atom is -0.370 e. The van der Waals surface area contributed by atoms with Gasteiger partial charge in [-0.2, -0.15) is 11.8 Å². The number of hydrogen-bond donors (Lipinski definition) is 2. The van der Waals surface area contributed by atoms with Crippen LogP contribution in [0.3, 0.4) is 0 Å². The molecule has 0 aromatic rings. The number of nitrogens with one attached hydrogen (secondary N) is 1. The van der Waals surface area contributed by atoms with E-state index in [0.717, 1.165) is 12.3 Å². The summed E-state index contributed by atoms with van der Waals surface area (Å²) in [4.78, 5) is 1.72. The zero-order chi connectivity index (χ0) is 7.28. The van der Waals surface area contributed by atoms with Crippen LogP contribution in [0.25, 0.3) is 0 Å². The Hall–Kier alpha value is -0.380. The summed E-state index contributed by atoms with van der Waals surface area (Å²) in [5.74, 6) is 1.17. The smallest absolute Gasteiger partial charge is 0.188 e. The van der Waals surface area contributed by atoms with Gasteiger partial charge in [0.2, 0.25) is 0 Å². The second kappa shape index (κ2) is 4.49. The summed E-state index contributed by atoms with van der Waals surface area (Å²) >= 11 is 1.75. The Morgan fingerprint density at radius 3 is 2.67 bits per heavy atom. The van der Waals surface area contributed by atoms with E-state index < -0.39 is 0 Å². The van der Waals surface area contributed by atoms with E-state index >= 15 is 0 Å². The fourth-order valence-electron chi connectivity index (χ4n) is 0.349. The lowest BCUT2D eigenvalue weighted by Crippen LogP contribution is -2.34. The molecular weight excluding hydrogens is 134 g/mol. The average Bonchev–Trinajstić information content (AvgIpc) is 1.82. The molecule has 0 aliphatic heterocycles. The van der Waals surface area contributed by atoms with Crippen LogP contribution in [0.4, 0.5) is 0 Å². The normalized spacial score (nSPS) is 9.11. The summed E-state index contributed by atoms with van der Waals surface area (Å²) in [7, 11) is 1.82. The topological polar surface area (TPSA) is 53.1 Å². The maximum absolute atomic E-state index is 6.97. The standard InChI is InChI=1S/C5H13N3S/c1-8(5(6)7)3-4-9-2/h3-4H2,1-2H3,(H3,6,7). The van der Waals surface area contributed by atoms with Crippen molar-refractivity contribution in [2.24, 2.45) is 5.73 Å². The summed E-state index contributed by atoms with van der Waals surface area (Å²) in [6, 6.07) is 0. The van der Waals surface area contributed by atoms with Crippen molar-refractivity contribution in [1.82, 2.24) is 4.90 Å². The van der Waals surface area contributed by atoms with E-state index in [4.69, 9.17) is 11.1 Å². The number of nitrogens with two attached hydrogens (primary N) is 1. The highest BCUT2D eigenvalue weighted by molar-refractivity contribution is 7.98. The van der Waals surface area contributed by atoms with Crippen molar-refractivity contribution in [2.45, 2.75) is 0 Å². The second-order valence-corrected chi connectivity index (χ2v) is 2.79. The van der Waals surface area contributed by atoms with Crippen LogP contribution in [-0.4, -0.2) is 36.5 Å². The number of rotatable bonds is 3. The fourth-order valence-corrected chi connectivity index (χ4v) is 0.805. The van der Waals surface area contributed by atoms with Gasteiger partial charge in [-0.15, -0.1) is 0 Å². The van der Waals surface area contributed by atoms with Crippen LogP contribution in [0.15, 0.2) is 0 Å². The van der Waals surface area contributed by atoms with Crippen molar-refractivity contribution in [3.63, 3.8) is 0 Å². The Morgan fingerprint density at radius 2 is 2.33 bits per heavy atom. The van der Waals surface area contributed by atoms with Gasteiger partial charge in [-0.05, 0) is 6.26 Å². The first-order chi connectivity index (χ1) is 4.18. The summed E-state index contributed by atoms with van der Waals surface area (Å²) in [6.07, 6.45) is 2.04. The third-order valence-corrected chi connectivity index (χ3v) is 1.63. The molecule has 0 fully saturated rings. The molecule has 0 aliphatic rings. The molecule has 0 heterocycles. The molecule has 0 aromatic heterocycles. The third kappa shape index (κ3) is 4.14. The van der Waals surface area contributed by atoms with Crippen LogP contribution in [0, 0.1) is 5.41 Å². The van der Waals surface area contributed by atoms with E-state index in [9.17, 15) is 0 Å². The van der Waals surface area contributed by atoms with Gasteiger partial charge in [0.05, 0.1) is 0 Å². The molecule has 0 radical (unpaired) electrons. The van der Waals surface area contributed by atoms with E-state index in [1.165, 1.54) is 0 Å². The molecule has 0 bridgehead atoms. The maximum Gasteiger partial charge on any atom is 0.188 e. The van der Waals surface area contributed by atoms with Crippen LogP contribution in [0.1, 0.15) is 0 Å². The molecule has 9 heavy (non-hydrogen) atoms. The van der Waals surface area contributed by atoms with Gasteiger partial charge in [-0.3, -0.25) is 5.41 Å². The Morgan fingerprint density at radius 1 is 1.78 bits per heavy atom. The average molecular weight is 147 g/mol. The molecule has 3 nitrogen and oxygen atoms in total. The quantitative estimate of drug-likeness (QED) is 0.442. The molecule has 0 aromatic carbocycles. The van der Waals surface area contributed by atoms with E-state index in [0.29, 0.717) is 0 Å². The summed E-state index contributed by atoms with van der Waals surface area (Å²) in [5.41, 5.74) is 5.18. The summed E-state index contributed by atoms with van der Waals surface area (Å²) < 4.78 is 0. The lowest BCUT2D eigenvalue weighted by atomic mass is 10.6. The van der Waals surface area contributed by atoms with Gasteiger partial charge in [0.25, 0.3) is 0 Å². The summed E-state index contributed by atoms with van der Waals surface area (Å²) in [6.45, 7) is 0.858. The van der Waals surface area contributed by atoms with Crippen LogP contribution in [-0.2, 0) is 0 Å². The highest BCUT2D eigenvalue weighted by Gasteiger charge is 1.95. The van der Waals surface area contributed by atoms with Gasteiger partial charge in [0.15, 0.2) is 5.96 Å². The maximum atomic E-state index is 6.97. The predicted octanol–water partition coefficient (Wildman–Crippen LogP) is 0.175. The zero-order valence-electron chi connectivity index (χ0n) is 5.85. The van der Waals surface area contributed by atoms with Gasteiger partial charge >= 0.3 is 0 Å². The highest BCUT2D eigenvalue weighted by Crippen LogP contribution is 1.91. The van der Waals surface area contributed by atoms with Crippen molar-refractivity contribution in [1.29, 1.82) is 5.41 Å².